The van der Waals surface area contributed by atoms with Crippen molar-refractivity contribution in [2.75, 3.05) is 25.0 Å². The first-order chi connectivity index (χ1) is 16.8. The summed E-state index contributed by atoms with van der Waals surface area (Å²) in [5, 5.41) is 6.93. The Morgan fingerprint density at radius 3 is 2.77 bits per heavy atom. The van der Waals surface area contributed by atoms with Gasteiger partial charge in [-0.05, 0) is 61.9 Å². The third-order valence-electron chi connectivity index (χ3n) is 6.09. The van der Waals surface area contributed by atoms with Crippen molar-refractivity contribution in [1.82, 2.24) is 14.7 Å². The lowest BCUT2D eigenvalue weighted by molar-refractivity contribution is -0.124. The molecule has 0 radical (unpaired) electrons. The van der Waals surface area contributed by atoms with E-state index in [1.165, 1.54) is 12.1 Å². The largest absolute Gasteiger partial charge is 0.492 e. The number of nitrogens with one attached hydrogen (secondary N) is 1. The molecular formula is C25H27ClFN5O3. The SMILES string of the molecule is Cn1nccc1-c1cc(NC(=O)c2ccc(F)c(Cl)c2)ccc1OCCN1CCCC[C@@H]1C(N)=O. The summed E-state index contributed by atoms with van der Waals surface area (Å²) in [6.45, 7) is 1.75. The highest BCUT2D eigenvalue weighted by atomic mass is 35.5. The third-order valence-corrected chi connectivity index (χ3v) is 6.38. The maximum absolute atomic E-state index is 13.5. The fourth-order valence-corrected chi connectivity index (χ4v) is 4.45. The van der Waals surface area contributed by atoms with Gasteiger partial charge < -0.3 is 15.8 Å². The van der Waals surface area contributed by atoms with E-state index in [1.54, 1.807) is 29.1 Å². The topological polar surface area (TPSA) is 102 Å². The molecule has 8 nitrogen and oxygen atoms in total. The number of aromatic nitrogens is 2. The number of primary amides is 1. The van der Waals surface area contributed by atoms with Crippen LogP contribution >= 0.6 is 11.6 Å². The average Bonchev–Trinajstić information content (AvgIpc) is 3.27. The van der Waals surface area contributed by atoms with E-state index < -0.39 is 11.7 Å². The first-order valence-electron chi connectivity index (χ1n) is 11.4. The summed E-state index contributed by atoms with van der Waals surface area (Å²) in [6.07, 6.45) is 4.46. The van der Waals surface area contributed by atoms with Crippen molar-refractivity contribution in [3.63, 3.8) is 0 Å². The van der Waals surface area contributed by atoms with E-state index in [0.717, 1.165) is 43.1 Å². The minimum absolute atomic E-state index is 0.121. The maximum Gasteiger partial charge on any atom is 0.255 e. The van der Waals surface area contributed by atoms with Gasteiger partial charge in [-0.25, -0.2) is 4.39 Å². The second-order valence-electron chi connectivity index (χ2n) is 8.43. The van der Waals surface area contributed by atoms with Gasteiger partial charge in [-0.2, -0.15) is 5.10 Å². The van der Waals surface area contributed by atoms with Crippen LogP contribution < -0.4 is 15.8 Å². The highest BCUT2D eigenvalue weighted by Gasteiger charge is 2.26. The molecule has 3 N–H and O–H groups in total. The van der Waals surface area contributed by atoms with Gasteiger partial charge in [0.1, 0.15) is 18.2 Å². The van der Waals surface area contributed by atoms with Crippen molar-refractivity contribution >= 4 is 29.1 Å². The average molecular weight is 500 g/mol. The van der Waals surface area contributed by atoms with E-state index in [1.807, 2.05) is 13.1 Å². The molecule has 2 aromatic carbocycles. The number of aryl methyl sites for hydroxylation is 1. The van der Waals surface area contributed by atoms with Crippen LogP contribution in [0.1, 0.15) is 29.6 Å². The summed E-state index contributed by atoms with van der Waals surface area (Å²) in [4.78, 5) is 26.5. The Bertz CT molecular complexity index is 1230. The van der Waals surface area contributed by atoms with Gasteiger partial charge in [-0.15, -0.1) is 0 Å². The lowest BCUT2D eigenvalue weighted by atomic mass is 10.0. The molecule has 0 aliphatic carbocycles. The van der Waals surface area contributed by atoms with Crippen LogP contribution in [0.5, 0.6) is 5.75 Å². The van der Waals surface area contributed by atoms with Gasteiger partial charge in [0.25, 0.3) is 5.91 Å². The van der Waals surface area contributed by atoms with Crippen molar-refractivity contribution in [2.45, 2.75) is 25.3 Å². The van der Waals surface area contributed by atoms with Gasteiger partial charge in [0.2, 0.25) is 5.91 Å². The number of carbonyl (C=O) groups excluding carboxylic acids is 2. The molecule has 4 rings (SSSR count). The third kappa shape index (κ3) is 5.80. The van der Waals surface area contributed by atoms with Crippen LogP contribution in [0, 0.1) is 5.82 Å². The van der Waals surface area contributed by atoms with Crippen molar-refractivity contribution in [3.8, 4) is 17.0 Å². The number of halogens is 2. The van der Waals surface area contributed by atoms with Crippen LogP contribution in [0.2, 0.25) is 5.02 Å². The second kappa shape index (κ2) is 10.9. The molecule has 1 aliphatic heterocycles. The number of likely N-dealkylation sites (tertiary alicyclic amines) is 1. The Morgan fingerprint density at radius 2 is 2.06 bits per heavy atom. The van der Waals surface area contributed by atoms with Crippen LogP contribution in [0.3, 0.4) is 0 Å². The summed E-state index contributed by atoms with van der Waals surface area (Å²) in [6, 6.07) is 10.7. The van der Waals surface area contributed by atoms with E-state index in [4.69, 9.17) is 22.1 Å². The zero-order valence-electron chi connectivity index (χ0n) is 19.3. The number of amides is 2. The standard InChI is InChI=1S/C25H27ClFN5O3/c1-31-21(9-10-29-31)18-15-17(30-25(34)16-5-7-20(27)19(26)14-16)6-8-23(18)35-13-12-32-11-3-2-4-22(32)24(28)33/h5-10,14-15,22H,2-4,11-13H2,1H3,(H2,28,33)(H,30,34)/t22-/m1/s1. The van der Waals surface area contributed by atoms with Gasteiger partial charge >= 0.3 is 0 Å². The molecule has 1 saturated heterocycles. The van der Waals surface area contributed by atoms with Crippen molar-refractivity contribution in [2.24, 2.45) is 12.8 Å². The zero-order valence-corrected chi connectivity index (χ0v) is 20.1. The number of nitrogens with two attached hydrogens (primary N) is 1. The predicted molar refractivity (Wildman–Crippen MR) is 132 cm³/mol. The molecule has 35 heavy (non-hydrogen) atoms. The number of hydrogen-bond donors (Lipinski definition) is 2. The molecule has 0 saturated carbocycles. The Kier molecular flexibility index (Phi) is 7.67. The zero-order chi connectivity index (χ0) is 24.9. The number of rotatable bonds is 8. The fourth-order valence-electron chi connectivity index (χ4n) is 4.27. The minimum atomic E-state index is -0.588. The van der Waals surface area contributed by atoms with E-state index >= 15 is 0 Å². The molecule has 1 aromatic heterocycles. The van der Waals surface area contributed by atoms with Crippen molar-refractivity contribution < 1.29 is 18.7 Å². The Morgan fingerprint density at radius 1 is 1.23 bits per heavy atom. The molecule has 2 heterocycles. The molecule has 1 fully saturated rings. The summed E-state index contributed by atoms with van der Waals surface area (Å²) in [5.74, 6) is -0.694. The van der Waals surface area contributed by atoms with Gasteiger partial charge in [0.15, 0.2) is 0 Å². The lowest BCUT2D eigenvalue weighted by Gasteiger charge is -2.33. The Balaban J connectivity index is 1.51. The smallest absolute Gasteiger partial charge is 0.255 e. The van der Waals surface area contributed by atoms with E-state index in [-0.39, 0.29) is 22.5 Å². The Labute approximate surface area is 207 Å². The molecule has 184 valence electrons. The van der Waals surface area contributed by atoms with Gasteiger partial charge in [-0.3, -0.25) is 19.2 Å². The van der Waals surface area contributed by atoms with Gasteiger partial charge in [0, 0.05) is 36.6 Å². The number of hydrogen-bond acceptors (Lipinski definition) is 5. The van der Waals surface area contributed by atoms with Crippen LogP contribution in [-0.4, -0.2) is 52.2 Å². The Hall–Kier alpha value is -3.43. The van der Waals surface area contributed by atoms with E-state index in [9.17, 15) is 14.0 Å². The molecule has 2 amide bonds. The first-order valence-corrected chi connectivity index (χ1v) is 11.8. The highest BCUT2D eigenvalue weighted by molar-refractivity contribution is 6.31. The highest BCUT2D eigenvalue weighted by Crippen LogP contribution is 2.33. The first kappa shape index (κ1) is 24.7. The molecule has 0 bridgehead atoms. The van der Waals surface area contributed by atoms with Crippen molar-refractivity contribution in [1.29, 1.82) is 0 Å². The fraction of sp³-hybridized carbons (Fsp3) is 0.320. The minimum Gasteiger partial charge on any atom is -0.492 e. The van der Waals surface area contributed by atoms with Gasteiger partial charge in [0.05, 0.1) is 16.8 Å². The second-order valence-corrected chi connectivity index (χ2v) is 8.84. The molecular weight excluding hydrogens is 473 g/mol. The molecule has 1 atom stereocenters. The molecule has 3 aromatic rings. The molecule has 0 unspecified atom stereocenters. The monoisotopic (exact) mass is 499 g/mol. The number of piperidine rings is 1. The summed E-state index contributed by atoms with van der Waals surface area (Å²) in [7, 11) is 1.82. The van der Waals surface area contributed by atoms with Crippen LogP contribution in [0.15, 0.2) is 48.7 Å². The van der Waals surface area contributed by atoms with Crippen LogP contribution in [0.25, 0.3) is 11.3 Å². The number of anilines is 1. The summed E-state index contributed by atoms with van der Waals surface area (Å²) < 4.78 is 21.3. The van der Waals surface area contributed by atoms with Crippen LogP contribution in [0.4, 0.5) is 10.1 Å². The normalized spacial score (nSPS) is 16.1. The quantitative estimate of drug-likeness (QED) is 0.490. The number of ether oxygens (including phenoxy) is 1. The van der Waals surface area contributed by atoms with E-state index in [0.29, 0.717) is 24.6 Å². The van der Waals surface area contributed by atoms with Crippen LogP contribution in [-0.2, 0) is 11.8 Å². The summed E-state index contributed by atoms with van der Waals surface area (Å²) in [5.41, 5.74) is 7.88. The number of benzene rings is 2. The predicted octanol–water partition coefficient (Wildman–Crippen LogP) is 3.85. The van der Waals surface area contributed by atoms with Crippen molar-refractivity contribution in [3.05, 3.63) is 65.1 Å². The molecule has 10 heteroatoms. The number of nitrogens with zero attached hydrogens (tertiary/aromatic N) is 3. The number of carbonyl (C=O) groups is 2. The summed E-state index contributed by atoms with van der Waals surface area (Å²) >= 11 is 5.81. The maximum atomic E-state index is 13.5. The van der Waals surface area contributed by atoms with E-state index in [2.05, 4.69) is 15.3 Å². The lowest BCUT2D eigenvalue weighted by Crippen LogP contribution is -2.48. The molecule has 1 aliphatic rings. The molecule has 0 spiro atoms. The van der Waals surface area contributed by atoms with Gasteiger partial charge in [-0.1, -0.05) is 18.0 Å².